The smallest absolute Gasteiger partial charge is 0.230 e. The lowest BCUT2D eigenvalue weighted by Crippen LogP contribution is -2.27. The van der Waals surface area contributed by atoms with E-state index in [-0.39, 0.29) is 5.91 Å². The lowest BCUT2D eigenvalue weighted by Gasteiger charge is -2.07. The molecule has 0 aliphatic rings. The third kappa shape index (κ3) is 4.43. The summed E-state index contributed by atoms with van der Waals surface area (Å²) in [5.41, 5.74) is 2.45. The fourth-order valence-corrected chi connectivity index (χ4v) is 4.74. The molecule has 0 bridgehead atoms. The van der Waals surface area contributed by atoms with Gasteiger partial charge in [-0.1, -0.05) is 49.0 Å². The third-order valence-corrected chi connectivity index (χ3v) is 6.35. The maximum atomic E-state index is 12.2. The molecule has 0 aliphatic heterocycles. The van der Waals surface area contributed by atoms with Crippen LogP contribution in [0, 0.1) is 13.8 Å². The second-order valence-electron chi connectivity index (χ2n) is 6.14. The Balaban J connectivity index is 1.62. The number of rotatable bonds is 7. The Bertz CT molecular complexity index is 906. The molecule has 0 spiro atoms. The average molecular weight is 386 g/mol. The zero-order valence-corrected chi connectivity index (χ0v) is 17.0. The molecule has 0 saturated carbocycles. The van der Waals surface area contributed by atoms with Gasteiger partial charge in [0.2, 0.25) is 5.91 Å². The monoisotopic (exact) mass is 385 g/mol. The normalized spacial score (nSPS) is 11.0. The van der Waals surface area contributed by atoms with Crippen LogP contribution in [0.2, 0.25) is 0 Å². The van der Waals surface area contributed by atoms with Gasteiger partial charge in [0.15, 0.2) is 0 Å². The number of hydrogen-bond acceptors (Lipinski definition) is 5. The van der Waals surface area contributed by atoms with E-state index in [1.807, 2.05) is 18.2 Å². The summed E-state index contributed by atoms with van der Waals surface area (Å²) in [7, 11) is 0. The lowest BCUT2D eigenvalue weighted by atomic mass is 10.1. The van der Waals surface area contributed by atoms with Crippen molar-refractivity contribution < 1.29 is 4.79 Å². The minimum atomic E-state index is 0.0420. The SMILES string of the molecule is CCc1nc(SCC(=O)NCCc2ccccc2)c2c(C)c(C)sc2n1. The van der Waals surface area contributed by atoms with Gasteiger partial charge in [0.1, 0.15) is 15.7 Å². The molecule has 4 nitrogen and oxygen atoms in total. The van der Waals surface area contributed by atoms with Crippen molar-refractivity contribution in [2.24, 2.45) is 0 Å². The first-order chi connectivity index (χ1) is 12.6. The first-order valence-corrected chi connectivity index (χ1v) is 10.6. The maximum absolute atomic E-state index is 12.2. The number of aryl methyl sites for hydroxylation is 3. The van der Waals surface area contributed by atoms with Gasteiger partial charge in [-0.25, -0.2) is 9.97 Å². The first kappa shape index (κ1) is 18.9. The van der Waals surface area contributed by atoms with Crippen LogP contribution >= 0.6 is 23.1 Å². The Morgan fingerprint density at radius 1 is 1.19 bits per heavy atom. The van der Waals surface area contributed by atoms with Crippen LogP contribution in [0.1, 0.15) is 28.8 Å². The topological polar surface area (TPSA) is 54.9 Å². The number of nitrogens with zero attached hydrogens (tertiary/aromatic N) is 2. The highest BCUT2D eigenvalue weighted by Gasteiger charge is 2.15. The third-order valence-electron chi connectivity index (χ3n) is 4.28. The van der Waals surface area contributed by atoms with Crippen LogP contribution in [-0.2, 0) is 17.6 Å². The van der Waals surface area contributed by atoms with Gasteiger partial charge in [0.25, 0.3) is 0 Å². The minimum Gasteiger partial charge on any atom is -0.355 e. The van der Waals surface area contributed by atoms with Gasteiger partial charge < -0.3 is 5.32 Å². The van der Waals surface area contributed by atoms with Gasteiger partial charge in [0.05, 0.1) is 5.75 Å². The predicted molar refractivity (Wildman–Crippen MR) is 110 cm³/mol. The number of hydrogen-bond donors (Lipinski definition) is 1. The Morgan fingerprint density at radius 2 is 1.96 bits per heavy atom. The molecule has 0 atom stereocenters. The van der Waals surface area contributed by atoms with Crippen LogP contribution in [0.4, 0.5) is 0 Å². The molecule has 1 N–H and O–H groups in total. The summed E-state index contributed by atoms with van der Waals surface area (Å²) in [6, 6.07) is 10.2. The van der Waals surface area contributed by atoms with Gasteiger partial charge in [0, 0.05) is 23.2 Å². The molecule has 2 aromatic heterocycles. The number of thiophene rings is 1. The summed E-state index contributed by atoms with van der Waals surface area (Å²) in [5.74, 6) is 1.25. The number of fused-ring (bicyclic) bond motifs is 1. The standard InChI is InChI=1S/C20H23N3OS2/c1-4-16-22-19(18-13(2)14(3)26-20(18)23-16)25-12-17(24)21-11-10-15-8-6-5-7-9-15/h5-9H,4,10-12H2,1-3H3,(H,21,24). The molecule has 3 aromatic rings. The van der Waals surface area contributed by atoms with E-state index in [9.17, 15) is 4.79 Å². The quantitative estimate of drug-likeness (QED) is 0.486. The van der Waals surface area contributed by atoms with Crippen molar-refractivity contribution in [3.05, 3.63) is 52.2 Å². The first-order valence-electron chi connectivity index (χ1n) is 8.78. The fraction of sp³-hybridized carbons (Fsp3) is 0.350. The molecule has 6 heteroatoms. The van der Waals surface area contributed by atoms with Crippen molar-refractivity contribution in [1.82, 2.24) is 15.3 Å². The van der Waals surface area contributed by atoms with Gasteiger partial charge in [-0.15, -0.1) is 11.3 Å². The second kappa shape index (κ2) is 8.64. The van der Waals surface area contributed by atoms with E-state index in [1.54, 1.807) is 11.3 Å². The maximum Gasteiger partial charge on any atom is 0.230 e. The molecule has 136 valence electrons. The molecule has 1 aromatic carbocycles. The number of aromatic nitrogens is 2. The van der Waals surface area contributed by atoms with Crippen LogP contribution in [0.5, 0.6) is 0 Å². The minimum absolute atomic E-state index is 0.0420. The van der Waals surface area contributed by atoms with Crippen LogP contribution in [0.25, 0.3) is 10.2 Å². The Kier molecular flexibility index (Phi) is 6.27. The van der Waals surface area contributed by atoms with Crippen LogP contribution < -0.4 is 5.32 Å². The molecule has 0 aliphatic carbocycles. The van der Waals surface area contributed by atoms with Gasteiger partial charge >= 0.3 is 0 Å². The summed E-state index contributed by atoms with van der Waals surface area (Å²) >= 11 is 3.21. The summed E-state index contributed by atoms with van der Waals surface area (Å²) in [4.78, 5) is 23.8. The van der Waals surface area contributed by atoms with Crippen LogP contribution in [0.3, 0.4) is 0 Å². The Hall–Kier alpha value is -1.92. The van der Waals surface area contributed by atoms with Gasteiger partial charge in [-0.05, 0) is 31.4 Å². The lowest BCUT2D eigenvalue weighted by molar-refractivity contribution is -0.118. The van der Waals surface area contributed by atoms with E-state index in [4.69, 9.17) is 0 Å². The van der Waals surface area contributed by atoms with Crippen LogP contribution in [-0.4, -0.2) is 28.2 Å². The van der Waals surface area contributed by atoms with E-state index < -0.39 is 0 Å². The molecule has 1 amide bonds. The van der Waals surface area contributed by atoms with Crippen molar-refractivity contribution in [1.29, 1.82) is 0 Å². The van der Waals surface area contributed by atoms with Gasteiger partial charge in [-0.2, -0.15) is 0 Å². The molecule has 0 unspecified atom stereocenters. The number of thioether (sulfide) groups is 1. The summed E-state index contributed by atoms with van der Waals surface area (Å²) in [6.45, 7) is 6.92. The van der Waals surface area contributed by atoms with Gasteiger partial charge in [-0.3, -0.25) is 4.79 Å². The van der Waals surface area contributed by atoms with Crippen molar-refractivity contribution >= 4 is 39.2 Å². The van der Waals surface area contributed by atoms with Crippen molar-refractivity contribution in [2.75, 3.05) is 12.3 Å². The molecule has 0 fully saturated rings. The average Bonchev–Trinajstić information content (AvgIpc) is 2.94. The number of benzene rings is 1. The Labute approximate surface area is 162 Å². The number of carbonyl (C=O) groups is 1. The number of amides is 1. The van der Waals surface area contributed by atoms with E-state index in [0.29, 0.717) is 12.3 Å². The molecular weight excluding hydrogens is 362 g/mol. The fourth-order valence-electron chi connectivity index (χ4n) is 2.69. The molecule has 3 rings (SSSR count). The van der Waals surface area contributed by atoms with E-state index >= 15 is 0 Å². The van der Waals surface area contributed by atoms with Crippen molar-refractivity contribution in [3.63, 3.8) is 0 Å². The van der Waals surface area contributed by atoms with E-state index in [0.717, 1.165) is 33.9 Å². The summed E-state index contributed by atoms with van der Waals surface area (Å²) in [6.07, 6.45) is 1.64. The van der Waals surface area contributed by atoms with E-state index in [2.05, 4.69) is 48.2 Å². The largest absolute Gasteiger partial charge is 0.355 e. The second-order valence-corrected chi connectivity index (χ2v) is 8.30. The Morgan fingerprint density at radius 3 is 2.69 bits per heavy atom. The van der Waals surface area contributed by atoms with Crippen LogP contribution in [0.15, 0.2) is 35.4 Å². The number of carbonyl (C=O) groups excluding carboxylic acids is 1. The summed E-state index contributed by atoms with van der Waals surface area (Å²) in [5, 5.41) is 5.02. The molecule has 2 heterocycles. The summed E-state index contributed by atoms with van der Waals surface area (Å²) < 4.78 is 0. The molecule has 0 saturated heterocycles. The molecular formula is C20H23N3OS2. The number of nitrogens with one attached hydrogen (secondary N) is 1. The van der Waals surface area contributed by atoms with Crippen molar-refractivity contribution in [3.8, 4) is 0 Å². The molecule has 26 heavy (non-hydrogen) atoms. The zero-order valence-electron chi connectivity index (χ0n) is 15.3. The molecule has 0 radical (unpaired) electrons. The zero-order chi connectivity index (χ0) is 18.5. The highest BCUT2D eigenvalue weighted by atomic mass is 32.2. The van der Waals surface area contributed by atoms with E-state index in [1.165, 1.54) is 27.8 Å². The highest BCUT2D eigenvalue weighted by Crippen LogP contribution is 2.35. The van der Waals surface area contributed by atoms with Crippen molar-refractivity contribution in [2.45, 2.75) is 38.6 Å². The predicted octanol–water partition coefficient (Wildman–Crippen LogP) is 4.32. The highest BCUT2D eigenvalue weighted by molar-refractivity contribution is 8.00.